The molecule has 0 aliphatic carbocycles. The van der Waals surface area contributed by atoms with Crippen molar-refractivity contribution in [2.75, 3.05) is 23.4 Å². The number of halogens is 3. The third kappa shape index (κ3) is 4.05. The molecule has 7 nitrogen and oxygen atoms in total. The van der Waals surface area contributed by atoms with Crippen LogP contribution in [0.1, 0.15) is 35.4 Å². The minimum Gasteiger partial charge on any atom is -0.343 e. The molecule has 0 bridgehead atoms. The predicted octanol–water partition coefficient (Wildman–Crippen LogP) is 3.47. The largest absolute Gasteiger partial charge is 0.416 e. The summed E-state index contributed by atoms with van der Waals surface area (Å²) < 4.78 is 41.2. The van der Waals surface area contributed by atoms with Crippen molar-refractivity contribution in [3.05, 3.63) is 65.4 Å². The zero-order valence-electron chi connectivity index (χ0n) is 18.1. The van der Waals surface area contributed by atoms with Crippen molar-refractivity contribution >= 4 is 17.4 Å². The van der Waals surface area contributed by atoms with Crippen molar-refractivity contribution in [1.29, 1.82) is 0 Å². The van der Waals surface area contributed by atoms with Gasteiger partial charge in [-0.3, -0.25) is 9.48 Å². The third-order valence-corrected chi connectivity index (χ3v) is 6.28. The van der Waals surface area contributed by atoms with E-state index in [9.17, 15) is 18.0 Å². The lowest BCUT2D eigenvalue weighted by atomic mass is 10.1. The van der Waals surface area contributed by atoms with Gasteiger partial charge in [-0.2, -0.15) is 18.3 Å². The number of carbonyl (C=O) groups excluding carboxylic acids is 1. The SMILES string of the molecule is CN1C(=O)[C@@H]2CCCN2c2nc(CCc3cnn(Cc4ccccc4C(F)(F)F)c3)ncc21. The highest BCUT2D eigenvalue weighted by Gasteiger charge is 2.40. The maximum Gasteiger partial charge on any atom is 0.416 e. The molecule has 0 spiro atoms. The zero-order chi connectivity index (χ0) is 23.2. The van der Waals surface area contributed by atoms with E-state index in [2.05, 4.69) is 15.0 Å². The van der Waals surface area contributed by atoms with Crippen molar-refractivity contribution < 1.29 is 18.0 Å². The van der Waals surface area contributed by atoms with Gasteiger partial charge in [0.05, 0.1) is 24.5 Å². The van der Waals surface area contributed by atoms with E-state index in [0.717, 1.165) is 42.5 Å². The fourth-order valence-electron chi connectivity index (χ4n) is 4.58. The summed E-state index contributed by atoms with van der Waals surface area (Å²) >= 11 is 0. The second-order valence-electron chi connectivity index (χ2n) is 8.44. The van der Waals surface area contributed by atoms with Gasteiger partial charge in [0.1, 0.15) is 17.6 Å². The van der Waals surface area contributed by atoms with Gasteiger partial charge in [-0.15, -0.1) is 0 Å². The maximum atomic E-state index is 13.2. The van der Waals surface area contributed by atoms with Gasteiger partial charge < -0.3 is 9.80 Å². The maximum absolute atomic E-state index is 13.2. The fraction of sp³-hybridized carbons (Fsp3) is 0.391. The van der Waals surface area contributed by atoms with E-state index < -0.39 is 11.7 Å². The first-order valence-electron chi connectivity index (χ1n) is 10.9. The molecule has 172 valence electrons. The Morgan fingerprint density at radius 1 is 1.15 bits per heavy atom. The number of alkyl halides is 3. The zero-order valence-corrected chi connectivity index (χ0v) is 18.1. The van der Waals surface area contributed by atoms with Gasteiger partial charge >= 0.3 is 6.18 Å². The molecule has 5 rings (SSSR count). The predicted molar refractivity (Wildman–Crippen MR) is 116 cm³/mol. The molecule has 1 fully saturated rings. The molecule has 2 aromatic heterocycles. The molecule has 33 heavy (non-hydrogen) atoms. The number of aryl methyl sites for hydroxylation is 2. The standard InChI is InChI=1S/C23H23F3N6O/c1-30-19-12-27-20(29-21(19)32-10-4-7-18(32)22(30)33)9-8-15-11-28-31(13-15)14-16-5-2-3-6-17(16)23(24,25)26/h2-3,5-6,11-13,18H,4,7-10,14H2,1H3/t18-/m0/s1. The fourth-order valence-corrected chi connectivity index (χ4v) is 4.58. The van der Waals surface area contributed by atoms with Crippen LogP contribution in [0, 0.1) is 0 Å². The molecule has 3 aromatic rings. The molecule has 0 saturated carbocycles. The normalized spacial score (nSPS) is 17.9. The van der Waals surface area contributed by atoms with Crippen molar-refractivity contribution in [3.8, 4) is 0 Å². The van der Waals surface area contributed by atoms with Crippen LogP contribution in [0.4, 0.5) is 24.7 Å². The minimum absolute atomic E-state index is 0.0434. The van der Waals surface area contributed by atoms with Gasteiger partial charge in [0, 0.05) is 26.2 Å². The van der Waals surface area contributed by atoms with Crippen molar-refractivity contribution in [1.82, 2.24) is 19.7 Å². The van der Waals surface area contributed by atoms with Gasteiger partial charge in [-0.1, -0.05) is 18.2 Å². The number of fused-ring (bicyclic) bond motifs is 3. The van der Waals surface area contributed by atoms with Gasteiger partial charge in [-0.05, 0) is 36.5 Å². The first-order chi connectivity index (χ1) is 15.8. The van der Waals surface area contributed by atoms with Crippen LogP contribution < -0.4 is 9.80 Å². The highest BCUT2D eigenvalue weighted by atomic mass is 19.4. The smallest absolute Gasteiger partial charge is 0.343 e. The Labute approximate surface area is 188 Å². The van der Waals surface area contributed by atoms with Crippen LogP contribution in [0.15, 0.2) is 42.9 Å². The second-order valence-corrected chi connectivity index (χ2v) is 8.44. The molecule has 1 amide bonds. The number of hydrogen-bond donors (Lipinski definition) is 0. The van der Waals surface area contributed by atoms with Gasteiger partial charge in [-0.25, -0.2) is 9.97 Å². The summed E-state index contributed by atoms with van der Waals surface area (Å²) in [6.07, 6.45) is 3.68. The number of amides is 1. The number of aromatic nitrogens is 4. The third-order valence-electron chi connectivity index (χ3n) is 6.28. The topological polar surface area (TPSA) is 67.2 Å². The van der Waals surface area contributed by atoms with E-state index in [0.29, 0.717) is 18.7 Å². The van der Waals surface area contributed by atoms with Crippen LogP contribution in [-0.2, 0) is 30.4 Å². The van der Waals surface area contributed by atoms with Crippen LogP contribution in [0.3, 0.4) is 0 Å². The number of nitrogens with zero attached hydrogens (tertiary/aromatic N) is 6. The van der Waals surface area contributed by atoms with Gasteiger partial charge in [0.15, 0.2) is 5.82 Å². The Morgan fingerprint density at radius 3 is 2.79 bits per heavy atom. The molecule has 0 unspecified atom stereocenters. The number of likely N-dealkylation sites (N-methyl/N-ethyl adjacent to an activating group) is 1. The first kappa shape index (κ1) is 21.4. The number of anilines is 2. The summed E-state index contributed by atoms with van der Waals surface area (Å²) in [6.45, 7) is 0.849. The molecule has 1 saturated heterocycles. The molecule has 4 heterocycles. The summed E-state index contributed by atoms with van der Waals surface area (Å²) in [7, 11) is 1.76. The number of rotatable bonds is 5. The molecule has 0 radical (unpaired) electrons. The van der Waals surface area contributed by atoms with Gasteiger partial charge in [0.25, 0.3) is 0 Å². The Bertz CT molecular complexity index is 1190. The summed E-state index contributed by atoms with van der Waals surface area (Å²) in [4.78, 5) is 25.4. The Morgan fingerprint density at radius 2 is 1.97 bits per heavy atom. The lowest BCUT2D eigenvalue weighted by Gasteiger charge is -2.36. The summed E-state index contributed by atoms with van der Waals surface area (Å²) in [5.74, 6) is 1.54. The second kappa shape index (κ2) is 8.17. The van der Waals surface area contributed by atoms with Crippen LogP contribution in [0.2, 0.25) is 0 Å². The first-order valence-corrected chi connectivity index (χ1v) is 10.9. The van der Waals surface area contributed by atoms with Crippen LogP contribution in [0.5, 0.6) is 0 Å². The van der Waals surface area contributed by atoms with Crippen molar-refractivity contribution in [2.45, 2.75) is 44.4 Å². The Balaban J connectivity index is 1.29. The van der Waals surface area contributed by atoms with E-state index in [1.54, 1.807) is 36.6 Å². The molecular weight excluding hydrogens is 433 g/mol. The quantitative estimate of drug-likeness (QED) is 0.588. The number of hydrogen-bond acceptors (Lipinski definition) is 5. The number of carbonyl (C=O) groups is 1. The van der Waals surface area contributed by atoms with Crippen LogP contribution in [-0.4, -0.2) is 45.3 Å². The average Bonchev–Trinajstić information content (AvgIpc) is 3.45. The Hall–Kier alpha value is -3.43. The molecular formula is C23H23F3N6O. The molecule has 2 aliphatic rings. The lowest BCUT2D eigenvalue weighted by molar-refractivity contribution is -0.138. The van der Waals surface area contributed by atoms with Crippen LogP contribution in [0.25, 0.3) is 0 Å². The summed E-state index contributed by atoms with van der Waals surface area (Å²) in [5, 5.41) is 4.24. The van der Waals surface area contributed by atoms with E-state index in [-0.39, 0.29) is 24.1 Å². The van der Waals surface area contributed by atoms with Crippen LogP contribution >= 0.6 is 0 Å². The van der Waals surface area contributed by atoms with Gasteiger partial charge in [0.2, 0.25) is 5.91 Å². The van der Waals surface area contributed by atoms with E-state index in [1.165, 1.54) is 16.8 Å². The average molecular weight is 456 g/mol. The minimum atomic E-state index is -4.40. The monoisotopic (exact) mass is 456 g/mol. The molecule has 2 aliphatic heterocycles. The molecule has 1 aromatic carbocycles. The lowest BCUT2D eigenvalue weighted by Crippen LogP contribution is -2.49. The van der Waals surface area contributed by atoms with E-state index in [1.807, 2.05) is 0 Å². The number of benzene rings is 1. The molecule has 10 heteroatoms. The molecule has 1 atom stereocenters. The Kier molecular flexibility index (Phi) is 5.30. The summed E-state index contributed by atoms with van der Waals surface area (Å²) in [5.41, 5.74) is 1.15. The van der Waals surface area contributed by atoms with Crippen molar-refractivity contribution in [2.24, 2.45) is 0 Å². The van der Waals surface area contributed by atoms with Crippen molar-refractivity contribution in [3.63, 3.8) is 0 Å². The van der Waals surface area contributed by atoms with E-state index >= 15 is 0 Å². The highest BCUT2D eigenvalue weighted by Crippen LogP contribution is 2.37. The van der Waals surface area contributed by atoms with E-state index in [4.69, 9.17) is 4.98 Å². The molecule has 0 N–H and O–H groups in total. The summed E-state index contributed by atoms with van der Waals surface area (Å²) in [6, 6.07) is 5.39. The highest BCUT2D eigenvalue weighted by molar-refractivity contribution is 6.04.